The Morgan fingerprint density at radius 1 is 1.27 bits per heavy atom. The lowest BCUT2D eigenvalue weighted by molar-refractivity contribution is -0.124. The molecule has 0 bridgehead atoms. The van der Waals surface area contributed by atoms with Gasteiger partial charge in [0.25, 0.3) is 0 Å². The van der Waals surface area contributed by atoms with Crippen LogP contribution in [-0.2, 0) is 4.79 Å². The first-order valence-corrected chi connectivity index (χ1v) is 6.08. The van der Waals surface area contributed by atoms with Gasteiger partial charge in [-0.15, -0.1) is 0 Å². The van der Waals surface area contributed by atoms with Crippen LogP contribution < -0.4 is 11.1 Å². The van der Waals surface area contributed by atoms with Gasteiger partial charge in [0.15, 0.2) is 0 Å². The van der Waals surface area contributed by atoms with Crippen LogP contribution in [-0.4, -0.2) is 18.0 Å². The van der Waals surface area contributed by atoms with E-state index in [-0.39, 0.29) is 23.9 Å². The molecule has 0 radical (unpaired) electrons. The zero-order chi connectivity index (χ0) is 11.4. The van der Waals surface area contributed by atoms with E-state index in [9.17, 15) is 4.79 Å². The molecule has 0 aliphatic heterocycles. The first kappa shape index (κ1) is 12.5. The van der Waals surface area contributed by atoms with Crippen molar-refractivity contribution in [1.29, 1.82) is 0 Å². The molecular weight excluding hydrogens is 188 g/mol. The highest BCUT2D eigenvalue weighted by molar-refractivity contribution is 5.81. The molecule has 1 aliphatic carbocycles. The molecule has 2 atom stereocenters. The molecule has 0 heterocycles. The Hall–Kier alpha value is -0.570. The van der Waals surface area contributed by atoms with E-state index in [1.165, 1.54) is 25.7 Å². The summed E-state index contributed by atoms with van der Waals surface area (Å²) in [4.78, 5) is 11.7. The van der Waals surface area contributed by atoms with Gasteiger partial charge in [-0.3, -0.25) is 4.79 Å². The maximum Gasteiger partial charge on any atom is 0.237 e. The fraction of sp³-hybridized carbons (Fsp3) is 0.917. The molecule has 15 heavy (non-hydrogen) atoms. The average molecular weight is 212 g/mol. The standard InChI is InChI=1S/C12H24N2O/c1-8(2)11(13)12(15)14-9(3)10-6-4-5-7-10/h8-11H,4-7,13H2,1-3H3,(H,14,15)/t9-,11+/m0/s1. The van der Waals surface area contributed by atoms with Crippen LogP contribution in [0.5, 0.6) is 0 Å². The van der Waals surface area contributed by atoms with E-state index in [1.807, 2.05) is 13.8 Å². The summed E-state index contributed by atoms with van der Waals surface area (Å²) in [5.74, 6) is 0.874. The van der Waals surface area contributed by atoms with Crippen LogP contribution in [0.15, 0.2) is 0 Å². The predicted molar refractivity (Wildman–Crippen MR) is 62.4 cm³/mol. The Labute approximate surface area is 92.8 Å². The zero-order valence-electron chi connectivity index (χ0n) is 10.1. The normalized spacial score (nSPS) is 21.7. The Bertz CT molecular complexity index is 210. The number of rotatable bonds is 4. The van der Waals surface area contributed by atoms with Gasteiger partial charge in [0, 0.05) is 6.04 Å². The van der Waals surface area contributed by atoms with E-state index in [1.54, 1.807) is 0 Å². The van der Waals surface area contributed by atoms with Gasteiger partial charge in [-0.25, -0.2) is 0 Å². The molecule has 0 saturated heterocycles. The van der Waals surface area contributed by atoms with Crippen molar-refractivity contribution in [3.8, 4) is 0 Å². The number of nitrogens with two attached hydrogens (primary N) is 1. The zero-order valence-corrected chi connectivity index (χ0v) is 10.1. The molecule has 88 valence electrons. The van der Waals surface area contributed by atoms with Crippen molar-refractivity contribution in [2.45, 2.75) is 58.5 Å². The highest BCUT2D eigenvalue weighted by Crippen LogP contribution is 2.27. The monoisotopic (exact) mass is 212 g/mol. The second kappa shape index (κ2) is 5.50. The van der Waals surface area contributed by atoms with E-state index in [4.69, 9.17) is 5.73 Å². The second-order valence-corrected chi connectivity index (χ2v) is 5.11. The molecule has 1 saturated carbocycles. The quantitative estimate of drug-likeness (QED) is 0.744. The lowest BCUT2D eigenvalue weighted by atomic mass is 9.98. The highest BCUT2D eigenvalue weighted by Gasteiger charge is 2.25. The van der Waals surface area contributed by atoms with Gasteiger partial charge in [-0.05, 0) is 31.6 Å². The smallest absolute Gasteiger partial charge is 0.237 e. The average Bonchev–Trinajstić information content (AvgIpc) is 2.68. The SMILES string of the molecule is CC(C)[C@@H](N)C(=O)N[C@@H](C)C1CCCC1. The van der Waals surface area contributed by atoms with Crippen molar-refractivity contribution in [2.24, 2.45) is 17.6 Å². The maximum atomic E-state index is 11.7. The molecule has 1 rings (SSSR count). The summed E-state index contributed by atoms with van der Waals surface area (Å²) in [6.07, 6.45) is 5.11. The van der Waals surface area contributed by atoms with Gasteiger partial charge >= 0.3 is 0 Å². The van der Waals surface area contributed by atoms with Crippen molar-refractivity contribution in [2.75, 3.05) is 0 Å². The summed E-state index contributed by atoms with van der Waals surface area (Å²) in [6, 6.07) is -0.0846. The van der Waals surface area contributed by atoms with Crippen LogP contribution in [0.1, 0.15) is 46.5 Å². The Kier molecular flexibility index (Phi) is 4.58. The molecule has 3 nitrogen and oxygen atoms in total. The minimum atomic E-state index is -0.367. The van der Waals surface area contributed by atoms with E-state index in [2.05, 4.69) is 12.2 Å². The molecule has 0 aromatic heterocycles. The first-order valence-electron chi connectivity index (χ1n) is 6.08. The minimum Gasteiger partial charge on any atom is -0.352 e. The minimum absolute atomic E-state index is 0.00407. The Morgan fingerprint density at radius 3 is 2.27 bits per heavy atom. The summed E-state index contributed by atoms with van der Waals surface area (Å²) >= 11 is 0. The van der Waals surface area contributed by atoms with Crippen LogP contribution in [0.4, 0.5) is 0 Å². The molecule has 0 unspecified atom stereocenters. The molecular formula is C12H24N2O. The van der Waals surface area contributed by atoms with Gasteiger partial charge in [0.2, 0.25) is 5.91 Å². The predicted octanol–water partition coefficient (Wildman–Crippen LogP) is 1.66. The molecule has 1 fully saturated rings. The molecule has 0 spiro atoms. The Morgan fingerprint density at radius 2 is 1.80 bits per heavy atom. The number of nitrogens with one attached hydrogen (secondary N) is 1. The van der Waals surface area contributed by atoms with E-state index in [0.717, 1.165) is 0 Å². The van der Waals surface area contributed by atoms with E-state index >= 15 is 0 Å². The summed E-state index contributed by atoms with van der Waals surface area (Å²) < 4.78 is 0. The highest BCUT2D eigenvalue weighted by atomic mass is 16.2. The number of hydrogen-bond acceptors (Lipinski definition) is 2. The van der Waals surface area contributed by atoms with Crippen LogP contribution in [0, 0.1) is 11.8 Å². The molecule has 0 aromatic carbocycles. The lowest BCUT2D eigenvalue weighted by Gasteiger charge is -2.23. The van der Waals surface area contributed by atoms with Crippen molar-refractivity contribution in [3.05, 3.63) is 0 Å². The second-order valence-electron chi connectivity index (χ2n) is 5.11. The summed E-state index contributed by atoms with van der Waals surface area (Å²) in [6.45, 7) is 6.05. The Balaban J connectivity index is 2.36. The molecule has 0 aromatic rings. The van der Waals surface area contributed by atoms with Crippen LogP contribution in [0.25, 0.3) is 0 Å². The number of amides is 1. The molecule has 1 amide bonds. The third kappa shape index (κ3) is 3.49. The molecule has 1 aliphatic rings. The largest absolute Gasteiger partial charge is 0.352 e. The first-order chi connectivity index (χ1) is 7.02. The van der Waals surface area contributed by atoms with E-state index < -0.39 is 0 Å². The van der Waals surface area contributed by atoms with Crippen molar-refractivity contribution < 1.29 is 4.79 Å². The lowest BCUT2D eigenvalue weighted by Crippen LogP contribution is -2.48. The van der Waals surface area contributed by atoms with Gasteiger partial charge in [-0.2, -0.15) is 0 Å². The van der Waals surface area contributed by atoms with Crippen LogP contribution >= 0.6 is 0 Å². The number of hydrogen-bond donors (Lipinski definition) is 2. The number of carbonyl (C=O) groups is 1. The summed E-state index contributed by atoms with van der Waals surface area (Å²) in [5, 5.41) is 3.04. The van der Waals surface area contributed by atoms with Gasteiger partial charge in [0.05, 0.1) is 6.04 Å². The van der Waals surface area contributed by atoms with Crippen molar-refractivity contribution in [3.63, 3.8) is 0 Å². The topological polar surface area (TPSA) is 55.1 Å². The maximum absolute atomic E-state index is 11.7. The molecule has 3 heteroatoms. The molecule has 3 N–H and O–H groups in total. The summed E-state index contributed by atoms with van der Waals surface area (Å²) in [7, 11) is 0. The third-order valence-electron chi connectivity index (χ3n) is 3.50. The van der Waals surface area contributed by atoms with Crippen molar-refractivity contribution in [1.82, 2.24) is 5.32 Å². The fourth-order valence-electron chi connectivity index (χ4n) is 2.20. The van der Waals surface area contributed by atoms with Gasteiger partial charge < -0.3 is 11.1 Å². The van der Waals surface area contributed by atoms with Gasteiger partial charge in [-0.1, -0.05) is 26.7 Å². The fourth-order valence-corrected chi connectivity index (χ4v) is 2.20. The summed E-state index contributed by atoms with van der Waals surface area (Å²) in [5.41, 5.74) is 5.79. The van der Waals surface area contributed by atoms with Crippen molar-refractivity contribution >= 4 is 5.91 Å². The number of carbonyl (C=O) groups excluding carboxylic acids is 1. The van der Waals surface area contributed by atoms with E-state index in [0.29, 0.717) is 5.92 Å². The third-order valence-corrected chi connectivity index (χ3v) is 3.50. The van der Waals surface area contributed by atoms with Crippen LogP contribution in [0.3, 0.4) is 0 Å². The van der Waals surface area contributed by atoms with Crippen LogP contribution in [0.2, 0.25) is 0 Å². The van der Waals surface area contributed by atoms with Gasteiger partial charge in [0.1, 0.15) is 0 Å².